The van der Waals surface area contributed by atoms with Crippen molar-refractivity contribution < 1.29 is 4.74 Å². The summed E-state index contributed by atoms with van der Waals surface area (Å²) in [7, 11) is 1.69. The van der Waals surface area contributed by atoms with E-state index in [1.807, 2.05) is 18.2 Å². The molecule has 0 aliphatic heterocycles. The van der Waals surface area contributed by atoms with Gasteiger partial charge in [0, 0.05) is 12.1 Å². The van der Waals surface area contributed by atoms with Crippen molar-refractivity contribution in [2.45, 2.75) is 32.7 Å². The first kappa shape index (κ1) is 18.3. The van der Waals surface area contributed by atoms with E-state index in [1.54, 1.807) is 7.11 Å². The van der Waals surface area contributed by atoms with Crippen LogP contribution in [0.4, 0.5) is 0 Å². The van der Waals surface area contributed by atoms with Crippen LogP contribution in [0.1, 0.15) is 37.3 Å². The molecule has 1 aromatic heterocycles. The van der Waals surface area contributed by atoms with E-state index in [2.05, 4.69) is 73.0 Å². The summed E-state index contributed by atoms with van der Waals surface area (Å²) in [6, 6.07) is 25.5. The zero-order chi connectivity index (χ0) is 19.5. The molecule has 142 valence electrons. The molecule has 3 nitrogen and oxygen atoms in total. The first-order valence-electron chi connectivity index (χ1n) is 9.88. The highest BCUT2D eigenvalue weighted by molar-refractivity contribution is 5.80. The fourth-order valence-electron chi connectivity index (χ4n) is 3.57. The summed E-state index contributed by atoms with van der Waals surface area (Å²) in [5.41, 5.74) is 5.94. The van der Waals surface area contributed by atoms with Crippen LogP contribution in [0.2, 0.25) is 0 Å². The van der Waals surface area contributed by atoms with E-state index in [1.165, 1.54) is 11.1 Å². The highest BCUT2D eigenvalue weighted by Crippen LogP contribution is 2.28. The fraction of sp³-hybridized carbons (Fsp3) is 0.240. The third-order valence-electron chi connectivity index (χ3n) is 5.50. The summed E-state index contributed by atoms with van der Waals surface area (Å²) in [6.45, 7) is 5.31. The molecule has 0 aliphatic rings. The summed E-state index contributed by atoms with van der Waals surface area (Å²) in [5, 5.41) is 0. The largest absolute Gasteiger partial charge is 0.497 e. The van der Waals surface area contributed by atoms with Crippen LogP contribution < -0.4 is 4.74 Å². The Morgan fingerprint density at radius 2 is 1.64 bits per heavy atom. The highest BCUT2D eigenvalue weighted by Gasteiger charge is 2.13. The van der Waals surface area contributed by atoms with Crippen LogP contribution in [-0.2, 0) is 6.54 Å². The number of ether oxygens (including phenoxy) is 1. The maximum absolute atomic E-state index is 5.30. The molecule has 3 aromatic carbocycles. The van der Waals surface area contributed by atoms with E-state index in [4.69, 9.17) is 9.72 Å². The van der Waals surface area contributed by atoms with Gasteiger partial charge in [0.25, 0.3) is 0 Å². The van der Waals surface area contributed by atoms with Crippen LogP contribution in [-0.4, -0.2) is 16.7 Å². The van der Waals surface area contributed by atoms with Crippen LogP contribution in [0.25, 0.3) is 22.4 Å². The molecule has 0 spiro atoms. The first-order chi connectivity index (χ1) is 13.7. The van der Waals surface area contributed by atoms with Gasteiger partial charge in [-0.05, 0) is 59.9 Å². The monoisotopic (exact) mass is 370 g/mol. The summed E-state index contributed by atoms with van der Waals surface area (Å²) in [4.78, 5) is 4.92. The maximum Gasteiger partial charge on any atom is 0.141 e. The molecule has 0 radical (unpaired) electrons. The second-order valence-corrected chi connectivity index (χ2v) is 7.29. The minimum absolute atomic E-state index is 0.595. The lowest BCUT2D eigenvalue weighted by molar-refractivity contribution is 0.415. The third kappa shape index (κ3) is 3.53. The molecule has 1 heterocycles. The SMILES string of the molecule is CC[C@H](C)c1ccc(Cn2c(-c3ccc(OC)cc3)nc3ccccc32)cc1. The van der Waals surface area contributed by atoms with Gasteiger partial charge >= 0.3 is 0 Å². The van der Waals surface area contributed by atoms with Gasteiger partial charge in [-0.1, -0.05) is 50.2 Å². The number of imidazole rings is 1. The van der Waals surface area contributed by atoms with Gasteiger partial charge in [0.2, 0.25) is 0 Å². The molecule has 0 aliphatic carbocycles. The second kappa shape index (κ2) is 7.89. The van der Waals surface area contributed by atoms with E-state index in [-0.39, 0.29) is 0 Å². The van der Waals surface area contributed by atoms with Gasteiger partial charge in [-0.3, -0.25) is 0 Å². The van der Waals surface area contributed by atoms with Gasteiger partial charge in [0.05, 0.1) is 18.1 Å². The van der Waals surface area contributed by atoms with Crippen molar-refractivity contribution in [3.63, 3.8) is 0 Å². The van der Waals surface area contributed by atoms with Gasteiger partial charge in [0.1, 0.15) is 11.6 Å². The third-order valence-corrected chi connectivity index (χ3v) is 5.50. The number of benzene rings is 3. The van der Waals surface area contributed by atoms with Crippen molar-refractivity contribution in [1.82, 2.24) is 9.55 Å². The Bertz CT molecular complexity index is 1060. The zero-order valence-electron chi connectivity index (χ0n) is 16.7. The van der Waals surface area contributed by atoms with E-state index in [9.17, 15) is 0 Å². The number of hydrogen-bond acceptors (Lipinski definition) is 2. The number of fused-ring (bicyclic) bond motifs is 1. The highest BCUT2D eigenvalue weighted by atomic mass is 16.5. The van der Waals surface area contributed by atoms with Crippen LogP contribution in [0.5, 0.6) is 5.75 Å². The van der Waals surface area contributed by atoms with E-state index >= 15 is 0 Å². The van der Waals surface area contributed by atoms with Crippen molar-refractivity contribution in [2.75, 3.05) is 7.11 Å². The number of para-hydroxylation sites is 2. The molecule has 0 unspecified atom stereocenters. The molecule has 0 saturated carbocycles. The number of aromatic nitrogens is 2. The van der Waals surface area contributed by atoms with Crippen LogP contribution in [0, 0.1) is 0 Å². The Morgan fingerprint density at radius 3 is 2.32 bits per heavy atom. The topological polar surface area (TPSA) is 27.1 Å². The van der Waals surface area contributed by atoms with Gasteiger partial charge in [0.15, 0.2) is 0 Å². The Labute approximate surface area is 166 Å². The Balaban J connectivity index is 1.74. The molecule has 0 amide bonds. The van der Waals surface area contributed by atoms with Crippen molar-refractivity contribution in [3.05, 3.63) is 83.9 Å². The average Bonchev–Trinajstić information content (AvgIpc) is 3.12. The normalized spacial score (nSPS) is 12.2. The number of methoxy groups -OCH3 is 1. The predicted octanol–water partition coefficient (Wildman–Crippen LogP) is 6.27. The lowest BCUT2D eigenvalue weighted by Gasteiger charge is -2.12. The van der Waals surface area contributed by atoms with E-state index in [0.717, 1.165) is 41.1 Å². The van der Waals surface area contributed by atoms with Crippen molar-refractivity contribution in [3.8, 4) is 17.1 Å². The minimum atomic E-state index is 0.595. The molecular weight excluding hydrogens is 344 g/mol. The summed E-state index contributed by atoms with van der Waals surface area (Å²) in [6.07, 6.45) is 1.16. The Hall–Kier alpha value is -3.07. The second-order valence-electron chi connectivity index (χ2n) is 7.29. The molecule has 4 rings (SSSR count). The quantitative estimate of drug-likeness (QED) is 0.400. The molecule has 0 fully saturated rings. The summed E-state index contributed by atoms with van der Waals surface area (Å²) >= 11 is 0. The lowest BCUT2D eigenvalue weighted by atomic mass is 9.97. The average molecular weight is 370 g/mol. The summed E-state index contributed by atoms with van der Waals surface area (Å²) < 4.78 is 7.60. The van der Waals surface area contributed by atoms with E-state index < -0.39 is 0 Å². The van der Waals surface area contributed by atoms with E-state index in [0.29, 0.717) is 5.92 Å². The molecule has 4 aromatic rings. The number of nitrogens with zero attached hydrogens (tertiary/aromatic N) is 2. The van der Waals surface area contributed by atoms with Gasteiger partial charge < -0.3 is 9.30 Å². The standard InChI is InChI=1S/C25H26N2O/c1-4-18(2)20-11-9-19(10-12-20)17-27-24-8-6-5-7-23(24)26-25(27)21-13-15-22(28-3)16-14-21/h5-16,18H,4,17H2,1-3H3/t18-/m0/s1. The predicted molar refractivity (Wildman–Crippen MR) is 116 cm³/mol. The Morgan fingerprint density at radius 1 is 0.929 bits per heavy atom. The zero-order valence-corrected chi connectivity index (χ0v) is 16.7. The van der Waals surface area contributed by atoms with Gasteiger partial charge in [-0.2, -0.15) is 0 Å². The van der Waals surface area contributed by atoms with Crippen LogP contribution in [0.15, 0.2) is 72.8 Å². The van der Waals surface area contributed by atoms with Crippen molar-refractivity contribution >= 4 is 11.0 Å². The van der Waals surface area contributed by atoms with Gasteiger partial charge in [-0.25, -0.2) is 4.98 Å². The van der Waals surface area contributed by atoms with Crippen LogP contribution >= 0.6 is 0 Å². The molecule has 1 atom stereocenters. The molecule has 0 saturated heterocycles. The molecule has 0 bridgehead atoms. The van der Waals surface area contributed by atoms with Crippen LogP contribution in [0.3, 0.4) is 0 Å². The fourth-order valence-corrected chi connectivity index (χ4v) is 3.57. The number of hydrogen-bond donors (Lipinski definition) is 0. The molecule has 28 heavy (non-hydrogen) atoms. The minimum Gasteiger partial charge on any atom is -0.497 e. The van der Waals surface area contributed by atoms with Crippen molar-refractivity contribution in [1.29, 1.82) is 0 Å². The smallest absolute Gasteiger partial charge is 0.141 e. The van der Waals surface area contributed by atoms with Crippen molar-refractivity contribution in [2.24, 2.45) is 0 Å². The lowest BCUT2D eigenvalue weighted by Crippen LogP contribution is -2.03. The Kier molecular flexibility index (Phi) is 5.16. The number of rotatable bonds is 6. The summed E-state index contributed by atoms with van der Waals surface area (Å²) in [5.74, 6) is 2.43. The molecule has 0 N–H and O–H groups in total. The maximum atomic E-state index is 5.30. The molecule has 3 heteroatoms. The van der Waals surface area contributed by atoms with Gasteiger partial charge in [-0.15, -0.1) is 0 Å². The molecular formula is C25H26N2O. The first-order valence-corrected chi connectivity index (χ1v) is 9.88.